The number of rotatable bonds is 3. The van der Waals surface area contributed by atoms with Gasteiger partial charge >= 0.3 is 11.9 Å². The summed E-state index contributed by atoms with van der Waals surface area (Å²) in [7, 11) is 3.15. The smallest absolute Gasteiger partial charge is 0.335 e. The average molecular weight is 772 g/mol. The van der Waals surface area contributed by atoms with Crippen LogP contribution in [0.5, 0.6) is 34.5 Å². The van der Waals surface area contributed by atoms with E-state index >= 15 is 0 Å². The van der Waals surface area contributed by atoms with Gasteiger partial charge in [-0.25, -0.2) is 4.79 Å². The van der Waals surface area contributed by atoms with Crippen molar-refractivity contribution in [2.24, 2.45) is 0 Å². The van der Waals surface area contributed by atoms with Crippen molar-refractivity contribution in [3.05, 3.63) is 69.0 Å². The topological polar surface area (TPSA) is 170 Å². The summed E-state index contributed by atoms with van der Waals surface area (Å²) >= 11 is 1.47. The number of furan rings is 1. The fourth-order valence-electron chi connectivity index (χ4n) is 10.0. The van der Waals surface area contributed by atoms with E-state index in [1.54, 1.807) is 7.11 Å². The second-order valence-electron chi connectivity index (χ2n) is 15.1. The van der Waals surface area contributed by atoms with Gasteiger partial charge in [-0.2, -0.15) is 0 Å². The van der Waals surface area contributed by atoms with Crippen LogP contribution < -0.4 is 34.3 Å². The van der Waals surface area contributed by atoms with Crippen LogP contribution in [0.25, 0.3) is 11.0 Å². The summed E-state index contributed by atoms with van der Waals surface area (Å²) in [6, 6.07) is 5.31. The van der Waals surface area contributed by atoms with Gasteiger partial charge in [-0.3, -0.25) is 15.0 Å². The number of carbonyl (C=O) groups excluding carboxylic acids is 2. The van der Waals surface area contributed by atoms with Crippen molar-refractivity contribution in [2.45, 2.75) is 74.8 Å². The minimum Gasteiger partial charge on any atom is -0.504 e. The molecule has 2 fully saturated rings. The van der Waals surface area contributed by atoms with Crippen LogP contribution in [0.1, 0.15) is 69.0 Å². The molecule has 8 heterocycles. The minimum atomic E-state index is -1.39. The maximum Gasteiger partial charge on any atom is 0.335 e. The molecule has 4 aromatic rings. The monoisotopic (exact) mass is 771 g/mol. The summed E-state index contributed by atoms with van der Waals surface area (Å²) in [5, 5.41) is 31.8. The summed E-state index contributed by atoms with van der Waals surface area (Å²) in [6.07, 6.45) is 0.00727. The zero-order valence-electron chi connectivity index (χ0n) is 30.9. The number of benzene rings is 3. The first-order chi connectivity index (χ1) is 26.6. The number of hydrogen-bond donors (Lipinski definition) is 4. The molecule has 1 spiro atoms. The summed E-state index contributed by atoms with van der Waals surface area (Å²) in [5.74, 6) is 1.93. The van der Waals surface area contributed by atoms with E-state index in [0.717, 1.165) is 22.1 Å². The van der Waals surface area contributed by atoms with Crippen LogP contribution in [0.2, 0.25) is 0 Å². The molecule has 0 radical (unpaired) electrons. The first-order valence-electron chi connectivity index (χ1n) is 18.4. The minimum absolute atomic E-state index is 0.0317. The van der Waals surface area contributed by atoms with Gasteiger partial charge in [0.15, 0.2) is 28.5 Å². The number of aliphatic hydroxyl groups excluding tert-OH is 1. The fourth-order valence-corrected chi connectivity index (χ4v) is 11.7. The van der Waals surface area contributed by atoms with Crippen molar-refractivity contribution in [3.63, 3.8) is 0 Å². The van der Waals surface area contributed by atoms with Crippen LogP contribution in [0.3, 0.4) is 0 Å². The Morgan fingerprint density at radius 2 is 1.87 bits per heavy atom. The molecule has 14 nitrogen and oxygen atoms in total. The molecule has 1 aromatic heterocycles. The standard InChI is InChI=1S/C40H41N3O11S/c1-16-10-19-11-23-38(46)43-24-13-50-39(47)40(37-21(8-9-41-40)22-12-20(48-4)6-7-25(22)54-37)14-55-36(30(43)29(42-23)26(19)31(45)32(16)49-5)28-27(24)35-34(51-15-52-35)17(2)33(28)53-18(3)44/h6-7,10,12,23-24,29-30,36,38,41-42,45-46H,8-9,11,13-15H2,1-5H3/t23-,24-,29+,30+,36+,38-,40+/m0/s1. The van der Waals surface area contributed by atoms with Crippen molar-refractivity contribution in [3.8, 4) is 34.5 Å². The van der Waals surface area contributed by atoms with E-state index in [4.69, 9.17) is 32.8 Å². The maximum atomic E-state index is 14.8. The molecule has 7 aliphatic heterocycles. The molecule has 0 amide bonds. The normalized spacial score (nSPS) is 28.9. The van der Waals surface area contributed by atoms with Crippen molar-refractivity contribution in [2.75, 3.05) is 39.9 Å². The predicted molar refractivity (Wildman–Crippen MR) is 198 cm³/mol. The number of phenols is 1. The lowest BCUT2D eigenvalue weighted by molar-refractivity contribution is -0.165. The number of ether oxygens (including phenoxy) is 6. The number of carbonyl (C=O) groups is 2. The largest absolute Gasteiger partial charge is 0.504 e. The van der Waals surface area contributed by atoms with Crippen LogP contribution in [0, 0.1) is 13.8 Å². The van der Waals surface area contributed by atoms with Gasteiger partial charge in [0.25, 0.3) is 0 Å². The number of aromatic hydroxyl groups is 1. The molecule has 55 heavy (non-hydrogen) atoms. The Bertz CT molecular complexity index is 2330. The number of phenolic OH excluding ortho intramolecular Hbond substituents is 1. The quantitative estimate of drug-likeness (QED) is 0.173. The van der Waals surface area contributed by atoms with Gasteiger partial charge in [-0.15, -0.1) is 11.8 Å². The second kappa shape index (κ2) is 12.4. The van der Waals surface area contributed by atoms with E-state index in [0.29, 0.717) is 81.7 Å². The number of esters is 2. The molecule has 3 aromatic carbocycles. The van der Waals surface area contributed by atoms with Crippen molar-refractivity contribution in [1.82, 2.24) is 15.5 Å². The molecule has 4 bridgehead atoms. The maximum absolute atomic E-state index is 14.8. The van der Waals surface area contributed by atoms with Gasteiger partial charge in [-0.1, -0.05) is 6.07 Å². The first-order valence-corrected chi connectivity index (χ1v) is 19.5. The fraction of sp³-hybridized carbons (Fsp3) is 0.450. The highest BCUT2D eigenvalue weighted by Crippen LogP contribution is 2.63. The molecule has 0 aliphatic carbocycles. The molecular weight excluding hydrogens is 731 g/mol. The SMILES string of the molecule is COc1ccc2oc3c(c2c1)CCN[C@]31CS[C@@H]2c3c(OC(C)=O)c(C)c4c(c3[C@H](COC1=O)N1[C@@H]2[C@@H]2N[C@@H](Cc3cc(C)c(OC)c(O)c32)[C@@H]1O)OCO4. The van der Waals surface area contributed by atoms with Crippen LogP contribution in [0.4, 0.5) is 0 Å². The lowest BCUT2D eigenvalue weighted by atomic mass is 9.74. The molecule has 0 saturated carbocycles. The number of nitrogens with one attached hydrogen (secondary N) is 2. The summed E-state index contributed by atoms with van der Waals surface area (Å²) in [5.41, 5.74) is 4.42. The van der Waals surface area contributed by atoms with Crippen molar-refractivity contribution < 1.29 is 52.6 Å². The molecule has 7 aliphatic rings. The van der Waals surface area contributed by atoms with E-state index in [2.05, 4.69) is 10.6 Å². The Hall–Kier alpha value is -4.67. The number of hydrogen-bond acceptors (Lipinski definition) is 15. The van der Waals surface area contributed by atoms with E-state index in [-0.39, 0.29) is 24.9 Å². The van der Waals surface area contributed by atoms with Gasteiger partial charge in [0.2, 0.25) is 6.79 Å². The summed E-state index contributed by atoms with van der Waals surface area (Å²) < 4.78 is 42.5. The van der Waals surface area contributed by atoms with Crippen molar-refractivity contribution in [1.29, 1.82) is 0 Å². The Morgan fingerprint density at radius 3 is 2.65 bits per heavy atom. The Kier molecular flexibility index (Phi) is 7.86. The number of fused-ring (bicyclic) bond motifs is 11. The predicted octanol–water partition coefficient (Wildman–Crippen LogP) is 4.11. The van der Waals surface area contributed by atoms with Crippen LogP contribution in [0.15, 0.2) is 28.7 Å². The first kappa shape index (κ1) is 34.8. The number of aryl methyl sites for hydroxylation is 1. The average Bonchev–Trinajstić information content (AvgIpc) is 3.82. The van der Waals surface area contributed by atoms with E-state index < -0.39 is 53.1 Å². The molecule has 2 saturated heterocycles. The molecule has 15 heteroatoms. The highest BCUT2D eigenvalue weighted by Gasteiger charge is 2.60. The number of thioether (sulfide) groups is 1. The molecule has 288 valence electrons. The van der Waals surface area contributed by atoms with E-state index in [1.807, 2.05) is 43.0 Å². The third kappa shape index (κ3) is 4.76. The van der Waals surface area contributed by atoms with Crippen LogP contribution in [-0.4, -0.2) is 85.3 Å². The van der Waals surface area contributed by atoms with Crippen LogP contribution >= 0.6 is 11.8 Å². The van der Waals surface area contributed by atoms with Crippen LogP contribution in [-0.2, 0) is 32.7 Å². The van der Waals surface area contributed by atoms with Gasteiger partial charge in [0.1, 0.15) is 35.7 Å². The Balaban J connectivity index is 1.22. The summed E-state index contributed by atoms with van der Waals surface area (Å²) in [6.45, 7) is 5.33. The molecule has 11 rings (SSSR count). The number of methoxy groups -OCH3 is 2. The number of piperazine rings is 1. The third-order valence-corrected chi connectivity index (χ3v) is 13.7. The van der Waals surface area contributed by atoms with E-state index in [1.165, 1.54) is 25.8 Å². The summed E-state index contributed by atoms with van der Waals surface area (Å²) in [4.78, 5) is 29.6. The Morgan fingerprint density at radius 1 is 1.05 bits per heavy atom. The van der Waals surface area contributed by atoms with Gasteiger partial charge in [0, 0.05) is 58.5 Å². The highest BCUT2D eigenvalue weighted by molar-refractivity contribution is 7.99. The highest BCUT2D eigenvalue weighted by atomic mass is 32.2. The van der Waals surface area contributed by atoms with Gasteiger partial charge in [0.05, 0.1) is 37.6 Å². The lowest BCUT2D eigenvalue weighted by Crippen LogP contribution is -2.69. The van der Waals surface area contributed by atoms with Gasteiger partial charge < -0.3 is 48.4 Å². The lowest BCUT2D eigenvalue weighted by Gasteiger charge is -2.59. The Labute approximate surface area is 320 Å². The zero-order chi connectivity index (χ0) is 38.1. The number of aliphatic hydroxyl groups is 1. The van der Waals surface area contributed by atoms with Gasteiger partial charge in [-0.05, 0) is 56.0 Å². The molecular formula is C40H41N3O11S. The third-order valence-electron chi connectivity index (χ3n) is 12.3. The molecule has 7 atom stereocenters. The van der Waals surface area contributed by atoms with E-state index in [9.17, 15) is 19.8 Å². The molecule has 0 unspecified atom stereocenters. The second-order valence-corrected chi connectivity index (χ2v) is 16.2. The zero-order valence-corrected chi connectivity index (χ0v) is 31.8. The molecule has 4 N–H and O–H groups in total. The number of nitrogens with zero attached hydrogens (tertiary/aromatic N) is 1. The van der Waals surface area contributed by atoms with Crippen molar-refractivity contribution >= 4 is 34.7 Å².